The van der Waals surface area contributed by atoms with E-state index in [1.807, 2.05) is 6.92 Å². The molecule has 5 heteroatoms. The topological polar surface area (TPSA) is 50.4 Å². The summed E-state index contributed by atoms with van der Waals surface area (Å²) in [7, 11) is 0. The third kappa shape index (κ3) is 5.35. The lowest BCUT2D eigenvalue weighted by molar-refractivity contribution is -0.127. The molecule has 0 aromatic rings. The first-order valence-electron chi connectivity index (χ1n) is 5.26. The van der Waals surface area contributed by atoms with Crippen LogP contribution in [0, 0.1) is 0 Å². The van der Waals surface area contributed by atoms with E-state index in [1.165, 1.54) is 0 Å². The lowest BCUT2D eigenvalue weighted by Gasteiger charge is -2.34. The third-order valence-corrected chi connectivity index (χ3v) is 2.59. The van der Waals surface area contributed by atoms with Gasteiger partial charge in [0, 0.05) is 12.1 Å². The number of hydrogen-bond donors (Lipinski definition) is 2. The molecule has 0 spiro atoms. The van der Waals surface area contributed by atoms with Gasteiger partial charge in [0.05, 0.1) is 0 Å². The largest absolute Gasteiger partial charge is 0.372 e. The van der Waals surface area contributed by atoms with Gasteiger partial charge in [-0.3, -0.25) is 4.79 Å². The molecule has 0 unspecified atom stereocenters. The van der Waals surface area contributed by atoms with Gasteiger partial charge < -0.3 is 15.4 Å². The van der Waals surface area contributed by atoms with Crippen molar-refractivity contribution in [1.82, 2.24) is 10.6 Å². The van der Waals surface area contributed by atoms with Gasteiger partial charge in [0.25, 0.3) is 0 Å². The summed E-state index contributed by atoms with van der Waals surface area (Å²) < 4.78 is 5.05. The Morgan fingerprint density at radius 3 is 2.60 bits per heavy atom. The Hall–Kier alpha value is -0.320. The first-order chi connectivity index (χ1) is 6.66. The van der Waals surface area contributed by atoms with Crippen LogP contribution < -0.4 is 10.6 Å². The number of ether oxygens (including phenoxy) is 1. The summed E-state index contributed by atoms with van der Waals surface area (Å²) in [5.74, 6) is -0.00347. The summed E-state index contributed by atoms with van der Waals surface area (Å²) in [6, 6.07) is 0. The van der Waals surface area contributed by atoms with E-state index in [1.54, 1.807) is 0 Å². The fourth-order valence-corrected chi connectivity index (χ4v) is 1.67. The van der Waals surface area contributed by atoms with Crippen molar-refractivity contribution in [3.05, 3.63) is 0 Å². The van der Waals surface area contributed by atoms with Gasteiger partial charge in [-0.1, -0.05) is 0 Å². The number of amides is 1. The van der Waals surface area contributed by atoms with Crippen LogP contribution in [0.1, 0.15) is 26.7 Å². The molecule has 1 aliphatic heterocycles. The molecule has 0 radical (unpaired) electrons. The van der Waals surface area contributed by atoms with E-state index in [-0.39, 0.29) is 30.5 Å². The lowest BCUT2D eigenvalue weighted by Crippen LogP contribution is -2.53. The SMILES string of the molecule is CCOCC(=O)NC1(C)CCNCC1.Cl. The molecule has 1 rings (SSSR count). The maximum absolute atomic E-state index is 11.4. The van der Waals surface area contributed by atoms with Gasteiger partial charge in [0.2, 0.25) is 5.91 Å². The maximum Gasteiger partial charge on any atom is 0.246 e. The molecule has 0 aromatic carbocycles. The quantitative estimate of drug-likeness (QED) is 0.756. The zero-order valence-corrected chi connectivity index (χ0v) is 10.3. The molecule has 0 bridgehead atoms. The number of halogens is 1. The van der Waals surface area contributed by atoms with Crippen molar-refractivity contribution >= 4 is 18.3 Å². The second kappa shape index (κ2) is 7.04. The fraction of sp³-hybridized carbons (Fsp3) is 0.900. The minimum atomic E-state index is -0.0422. The van der Waals surface area contributed by atoms with Crippen molar-refractivity contribution < 1.29 is 9.53 Å². The van der Waals surface area contributed by atoms with Gasteiger partial charge >= 0.3 is 0 Å². The standard InChI is InChI=1S/C10H20N2O2.ClH/c1-3-14-8-9(13)12-10(2)4-6-11-7-5-10;/h11H,3-8H2,1-2H3,(H,12,13);1H. The molecule has 0 aromatic heterocycles. The predicted octanol–water partition coefficient (Wildman–Crippen LogP) is 0.703. The van der Waals surface area contributed by atoms with E-state index in [4.69, 9.17) is 4.74 Å². The molecular weight excluding hydrogens is 216 g/mol. The van der Waals surface area contributed by atoms with Gasteiger partial charge in [-0.15, -0.1) is 12.4 Å². The van der Waals surface area contributed by atoms with Crippen molar-refractivity contribution in [3.63, 3.8) is 0 Å². The summed E-state index contributed by atoms with van der Waals surface area (Å²) >= 11 is 0. The molecule has 4 nitrogen and oxygen atoms in total. The van der Waals surface area contributed by atoms with Crippen LogP contribution in [0.3, 0.4) is 0 Å². The normalized spacial score (nSPS) is 19.1. The Balaban J connectivity index is 0.00000196. The Bertz CT molecular complexity index is 194. The fourth-order valence-electron chi connectivity index (χ4n) is 1.67. The highest BCUT2D eigenvalue weighted by molar-refractivity contribution is 5.85. The Kier molecular flexibility index (Phi) is 6.89. The highest BCUT2D eigenvalue weighted by atomic mass is 35.5. The maximum atomic E-state index is 11.4. The highest BCUT2D eigenvalue weighted by Gasteiger charge is 2.27. The predicted molar refractivity (Wildman–Crippen MR) is 62.4 cm³/mol. The molecular formula is C10H21ClN2O2. The minimum Gasteiger partial charge on any atom is -0.372 e. The van der Waals surface area contributed by atoms with Crippen LogP contribution in [0.25, 0.3) is 0 Å². The molecule has 15 heavy (non-hydrogen) atoms. The molecule has 0 saturated carbocycles. The molecule has 1 heterocycles. The number of carbonyl (C=O) groups excluding carboxylic acids is 1. The van der Waals surface area contributed by atoms with Crippen molar-refractivity contribution in [3.8, 4) is 0 Å². The van der Waals surface area contributed by atoms with Crippen molar-refractivity contribution in [1.29, 1.82) is 0 Å². The Morgan fingerprint density at radius 1 is 1.47 bits per heavy atom. The van der Waals surface area contributed by atoms with Crippen LogP contribution >= 0.6 is 12.4 Å². The van der Waals surface area contributed by atoms with Crippen LogP contribution in [-0.2, 0) is 9.53 Å². The smallest absolute Gasteiger partial charge is 0.246 e. The van der Waals surface area contributed by atoms with E-state index in [0.717, 1.165) is 25.9 Å². The second-order valence-corrected chi connectivity index (χ2v) is 4.00. The van der Waals surface area contributed by atoms with Crippen molar-refractivity contribution in [2.45, 2.75) is 32.2 Å². The summed E-state index contributed by atoms with van der Waals surface area (Å²) in [4.78, 5) is 11.4. The summed E-state index contributed by atoms with van der Waals surface area (Å²) in [6.45, 7) is 6.71. The lowest BCUT2D eigenvalue weighted by atomic mass is 9.90. The van der Waals surface area contributed by atoms with Gasteiger partial charge in [-0.2, -0.15) is 0 Å². The van der Waals surface area contributed by atoms with E-state index in [9.17, 15) is 4.79 Å². The minimum absolute atomic E-state index is 0. The van der Waals surface area contributed by atoms with Crippen LogP contribution in [0.4, 0.5) is 0 Å². The number of carbonyl (C=O) groups is 1. The summed E-state index contributed by atoms with van der Waals surface area (Å²) in [5, 5.41) is 6.30. The Morgan fingerprint density at radius 2 is 2.07 bits per heavy atom. The molecule has 0 atom stereocenters. The number of piperidine rings is 1. The molecule has 0 aliphatic carbocycles. The molecule has 2 N–H and O–H groups in total. The van der Waals surface area contributed by atoms with E-state index < -0.39 is 0 Å². The number of hydrogen-bond acceptors (Lipinski definition) is 3. The van der Waals surface area contributed by atoms with Gasteiger partial charge in [-0.05, 0) is 39.8 Å². The monoisotopic (exact) mass is 236 g/mol. The Labute approximate surface area is 97.5 Å². The van der Waals surface area contributed by atoms with E-state index in [2.05, 4.69) is 17.6 Å². The summed E-state index contributed by atoms with van der Waals surface area (Å²) in [6.07, 6.45) is 1.98. The highest BCUT2D eigenvalue weighted by Crippen LogP contribution is 2.16. The van der Waals surface area contributed by atoms with Gasteiger partial charge in [0.1, 0.15) is 6.61 Å². The van der Waals surface area contributed by atoms with Crippen molar-refractivity contribution in [2.75, 3.05) is 26.3 Å². The van der Waals surface area contributed by atoms with Crippen LogP contribution in [0.2, 0.25) is 0 Å². The molecule has 90 valence electrons. The third-order valence-electron chi connectivity index (χ3n) is 2.59. The zero-order valence-electron chi connectivity index (χ0n) is 9.47. The number of nitrogens with one attached hydrogen (secondary N) is 2. The first kappa shape index (κ1) is 14.7. The average molecular weight is 237 g/mol. The average Bonchev–Trinajstić information content (AvgIpc) is 2.15. The van der Waals surface area contributed by atoms with Crippen LogP contribution in [-0.4, -0.2) is 37.7 Å². The van der Waals surface area contributed by atoms with Crippen molar-refractivity contribution in [2.24, 2.45) is 0 Å². The second-order valence-electron chi connectivity index (χ2n) is 4.00. The molecule has 1 fully saturated rings. The molecule has 1 saturated heterocycles. The van der Waals surface area contributed by atoms with Gasteiger partial charge in [0.15, 0.2) is 0 Å². The van der Waals surface area contributed by atoms with Crippen LogP contribution in [0.5, 0.6) is 0 Å². The molecule has 1 aliphatic rings. The zero-order chi connectivity index (χ0) is 10.4. The van der Waals surface area contributed by atoms with Crippen LogP contribution in [0.15, 0.2) is 0 Å². The van der Waals surface area contributed by atoms with E-state index >= 15 is 0 Å². The first-order valence-corrected chi connectivity index (χ1v) is 5.26. The number of rotatable bonds is 4. The molecule has 1 amide bonds. The van der Waals surface area contributed by atoms with E-state index in [0.29, 0.717) is 6.61 Å². The summed E-state index contributed by atoms with van der Waals surface area (Å²) in [5.41, 5.74) is -0.0422. The van der Waals surface area contributed by atoms with Gasteiger partial charge in [-0.25, -0.2) is 0 Å².